The molecule has 0 aliphatic carbocycles. The van der Waals surface area contributed by atoms with E-state index in [4.69, 9.17) is 0 Å². The molecule has 1 atom stereocenters. The van der Waals surface area contributed by atoms with Crippen LogP contribution in [0, 0.1) is 18.7 Å². The summed E-state index contributed by atoms with van der Waals surface area (Å²) in [7, 11) is 3.79. The number of carbonyl (C=O) groups is 1. The Balaban J connectivity index is 1.56. The van der Waals surface area contributed by atoms with Crippen molar-refractivity contribution >= 4 is 5.91 Å². The molecule has 1 aliphatic heterocycles. The molecule has 27 heavy (non-hydrogen) atoms. The molecule has 1 aliphatic rings. The van der Waals surface area contributed by atoms with Crippen molar-refractivity contribution in [2.45, 2.75) is 38.8 Å². The van der Waals surface area contributed by atoms with Gasteiger partial charge in [0.1, 0.15) is 17.7 Å². The zero-order chi connectivity index (χ0) is 19.4. The fraction of sp³-hybridized carbons (Fsp3) is 0.524. The number of carbonyl (C=O) groups excluding carboxylic acids is 1. The zero-order valence-corrected chi connectivity index (χ0v) is 16.4. The SMILES string of the molecule is Cc1nccn1CCC1CCN(C(=O)[C@@H](c2ccc(F)cc2)N(C)C)CC1. The molecule has 1 saturated heterocycles. The molecule has 0 saturated carbocycles. The third kappa shape index (κ3) is 4.75. The van der Waals surface area contributed by atoms with Crippen molar-refractivity contribution in [1.29, 1.82) is 0 Å². The van der Waals surface area contributed by atoms with Gasteiger partial charge in [-0.3, -0.25) is 9.69 Å². The Bertz CT molecular complexity index is 748. The molecule has 3 rings (SSSR count). The van der Waals surface area contributed by atoms with Gasteiger partial charge in [-0.2, -0.15) is 0 Å². The van der Waals surface area contributed by atoms with Gasteiger partial charge in [0.25, 0.3) is 0 Å². The molecule has 0 unspecified atom stereocenters. The van der Waals surface area contributed by atoms with E-state index in [2.05, 4.69) is 9.55 Å². The highest BCUT2D eigenvalue weighted by molar-refractivity contribution is 5.83. The number of halogens is 1. The van der Waals surface area contributed by atoms with E-state index in [0.29, 0.717) is 5.92 Å². The lowest BCUT2D eigenvalue weighted by Gasteiger charge is -2.36. The summed E-state index contributed by atoms with van der Waals surface area (Å²) >= 11 is 0. The molecule has 6 heteroatoms. The highest BCUT2D eigenvalue weighted by Crippen LogP contribution is 2.26. The quantitative estimate of drug-likeness (QED) is 0.782. The van der Waals surface area contributed by atoms with Gasteiger partial charge in [-0.15, -0.1) is 0 Å². The number of hydrogen-bond donors (Lipinski definition) is 0. The topological polar surface area (TPSA) is 41.4 Å². The molecule has 1 aromatic heterocycles. The zero-order valence-electron chi connectivity index (χ0n) is 16.4. The minimum Gasteiger partial charge on any atom is -0.341 e. The number of likely N-dealkylation sites (N-methyl/N-ethyl adjacent to an activating group) is 1. The Morgan fingerprint density at radius 3 is 2.48 bits per heavy atom. The monoisotopic (exact) mass is 372 g/mol. The van der Waals surface area contributed by atoms with Crippen LogP contribution in [0.5, 0.6) is 0 Å². The van der Waals surface area contributed by atoms with Crippen molar-refractivity contribution in [1.82, 2.24) is 19.4 Å². The van der Waals surface area contributed by atoms with E-state index in [1.807, 2.05) is 43.2 Å². The number of aromatic nitrogens is 2. The first-order valence-corrected chi connectivity index (χ1v) is 9.64. The Labute approximate surface area is 160 Å². The molecule has 1 amide bonds. The van der Waals surface area contributed by atoms with Crippen LogP contribution < -0.4 is 0 Å². The van der Waals surface area contributed by atoms with Gasteiger partial charge >= 0.3 is 0 Å². The van der Waals surface area contributed by atoms with Gasteiger partial charge in [0, 0.05) is 32.0 Å². The van der Waals surface area contributed by atoms with Crippen LogP contribution >= 0.6 is 0 Å². The number of piperidine rings is 1. The van der Waals surface area contributed by atoms with Crippen molar-refractivity contribution in [3.05, 3.63) is 53.9 Å². The first-order valence-electron chi connectivity index (χ1n) is 9.64. The summed E-state index contributed by atoms with van der Waals surface area (Å²) < 4.78 is 15.4. The molecule has 2 heterocycles. The number of aryl methyl sites for hydroxylation is 2. The summed E-state index contributed by atoms with van der Waals surface area (Å²) in [6, 6.07) is 5.89. The molecular formula is C21H29FN4O. The summed E-state index contributed by atoms with van der Waals surface area (Å²) in [5.41, 5.74) is 0.837. The second-order valence-electron chi connectivity index (χ2n) is 7.64. The van der Waals surface area contributed by atoms with Crippen LogP contribution in [0.3, 0.4) is 0 Å². The first kappa shape index (κ1) is 19.5. The molecule has 146 valence electrons. The third-order valence-corrected chi connectivity index (χ3v) is 5.56. The van der Waals surface area contributed by atoms with Gasteiger partial charge in [-0.1, -0.05) is 12.1 Å². The maximum atomic E-state index is 13.2. The molecule has 0 radical (unpaired) electrons. The standard InChI is InChI=1S/C21H29FN4O/c1-16-23-11-15-25(16)12-8-17-9-13-26(14-10-17)21(27)20(24(2)3)18-4-6-19(22)7-5-18/h4-7,11,15,17,20H,8-10,12-14H2,1-3H3/t20-/m1/s1. The van der Waals surface area contributed by atoms with E-state index >= 15 is 0 Å². The average Bonchev–Trinajstić information content (AvgIpc) is 3.07. The van der Waals surface area contributed by atoms with Gasteiger partial charge < -0.3 is 9.47 Å². The summed E-state index contributed by atoms with van der Waals surface area (Å²) in [5.74, 6) is 1.52. The fourth-order valence-corrected chi connectivity index (χ4v) is 3.88. The number of amides is 1. The van der Waals surface area contributed by atoms with E-state index in [9.17, 15) is 9.18 Å². The van der Waals surface area contributed by atoms with Crippen molar-refractivity contribution in [2.24, 2.45) is 5.92 Å². The molecule has 0 spiro atoms. The minimum atomic E-state index is -0.365. The third-order valence-electron chi connectivity index (χ3n) is 5.56. The van der Waals surface area contributed by atoms with Crippen molar-refractivity contribution in [3.63, 3.8) is 0 Å². The normalized spacial score (nSPS) is 16.7. The van der Waals surface area contributed by atoms with Crippen LogP contribution in [-0.2, 0) is 11.3 Å². The first-order chi connectivity index (χ1) is 13.0. The number of imidazole rings is 1. The Morgan fingerprint density at radius 2 is 1.93 bits per heavy atom. The number of benzene rings is 1. The highest BCUT2D eigenvalue weighted by Gasteiger charge is 2.30. The van der Waals surface area contributed by atoms with Crippen LogP contribution in [0.4, 0.5) is 4.39 Å². The summed E-state index contributed by atoms with van der Waals surface area (Å²) in [6.45, 7) is 4.59. The number of nitrogens with zero attached hydrogens (tertiary/aromatic N) is 4. The van der Waals surface area contributed by atoms with E-state index in [1.165, 1.54) is 12.1 Å². The number of rotatable bonds is 6. The van der Waals surface area contributed by atoms with Gasteiger partial charge in [-0.05, 0) is 63.9 Å². The van der Waals surface area contributed by atoms with Gasteiger partial charge in [0.05, 0.1) is 0 Å². The van der Waals surface area contributed by atoms with E-state index < -0.39 is 0 Å². The highest BCUT2D eigenvalue weighted by atomic mass is 19.1. The fourth-order valence-electron chi connectivity index (χ4n) is 3.88. The summed E-state index contributed by atoms with van der Waals surface area (Å²) in [6.07, 6.45) is 7.05. The second-order valence-corrected chi connectivity index (χ2v) is 7.64. The van der Waals surface area contributed by atoms with Gasteiger partial charge in [-0.25, -0.2) is 9.37 Å². The molecular weight excluding hydrogens is 343 g/mol. The summed E-state index contributed by atoms with van der Waals surface area (Å²) in [5, 5.41) is 0. The summed E-state index contributed by atoms with van der Waals surface area (Å²) in [4.78, 5) is 21.2. The molecule has 1 fully saturated rings. The maximum Gasteiger partial charge on any atom is 0.244 e. The average molecular weight is 372 g/mol. The van der Waals surface area contributed by atoms with Crippen molar-refractivity contribution in [3.8, 4) is 0 Å². The minimum absolute atomic E-state index is 0.107. The Hall–Kier alpha value is -2.21. The Kier molecular flexibility index (Phi) is 6.26. The van der Waals surface area contributed by atoms with E-state index in [-0.39, 0.29) is 17.8 Å². The predicted octanol–water partition coefficient (Wildman–Crippen LogP) is 3.26. The number of hydrogen-bond acceptors (Lipinski definition) is 3. The van der Waals surface area contributed by atoms with Gasteiger partial charge in [0.15, 0.2) is 0 Å². The van der Waals surface area contributed by atoms with Crippen LogP contribution in [0.1, 0.15) is 36.7 Å². The predicted molar refractivity (Wildman–Crippen MR) is 104 cm³/mol. The van der Waals surface area contributed by atoms with E-state index in [1.54, 1.807) is 12.1 Å². The lowest BCUT2D eigenvalue weighted by atomic mass is 9.92. The molecule has 1 aromatic carbocycles. The van der Waals surface area contributed by atoms with Crippen molar-refractivity contribution in [2.75, 3.05) is 27.2 Å². The molecule has 5 nitrogen and oxygen atoms in total. The molecule has 0 bridgehead atoms. The van der Waals surface area contributed by atoms with Crippen LogP contribution in [0.15, 0.2) is 36.7 Å². The van der Waals surface area contributed by atoms with Crippen LogP contribution in [-0.4, -0.2) is 52.4 Å². The largest absolute Gasteiger partial charge is 0.341 e. The van der Waals surface area contributed by atoms with E-state index in [0.717, 1.165) is 50.3 Å². The maximum absolute atomic E-state index is 13.2. The smallest absolute Gasteiger partial charge is 0.244 e. The Morgan fingerprint density at radius 1 is 1.26 bits per heavy atom. The number of likely N-dealkylation sites (tertiary alicyclic amines) is 1. The van der Waals surface area contributed by atoms with Crippen molar-refractivity contribution < 1.29 is 9.18 Å². The second kappa shape index (κ2) is 8.65. The van der Waals surface area contributed by atoms with Gasteiger partial charge in [0.2, 0.25) is 5.91 Å². The molecule has 0 N–H and O–H groups in total. The lowest BCUT2D eigenvalue weighted by molar-refractivity contribution is -0.137. The van der Waals surface area contributed by atoms with Crippen LogP contribution in [0.25, 0.3) is 0 Å². The van der Waals surface area contributed by atoms with Crippen LogP contribution in [0.2, 0.25) is 0 Å². The lowest BCUT2D eigenvalue weighted by Crippen LogP contribution is -2.44. The molecule has 2 aromatic rings.